The third kappa shape index (κ3) is 14.1. The number of ether oxygens (including phenoxy) is 1. The minimum atomic E-state index is 0.111. The lowest BCUT2D eigenvalue weighted by Crippen LogP contribution is -2.34. The molecule has 0 unspecified atom stereocenters. The Balaban J connectivity index is 3.78. The molecule has 4 heteroatoms. The number of hydrogen-bond acceptors (Lipinski definition) is 3. The van der Waals surface area contributed by atoms with E-state index in [4.69, 9.17) is 4.74 Å². The number of methoxy groups -OCH3 is 1. The van der Waals surface area contributed by atoms with Crippen molar-refractivity contribution in [1.29, 1.82) is 0 Å². The van der Waals surface area contributed by atoms with Crippen LogP contribution in [0.3, 0.4) is 0 Å². The van der Waals surface area contributed by atoms with Crippen LogP contribution in [-0.2, 0) is 9.53 Å². The average molecular weight is 300 g/mol. The smallest absolute Gasteiger partial charge is 0.221 e. The van der Waals surface area contributed by atoms with Crippen molar-refractivity contribution in [2.24, 2.45) is 0 Å². The van der Waals surface area contributed by atoms with Crippen LogP contribution in [0.15, 0.2) is 0 Å². The Kier molecular flexibility index (Phi) is 15.3. The molecule has 21 heavy (non-hydrogen) atoms. The molecule has 0 aliphatic heterocycles. The summed E-state index contributed by atoms with van der Waals surface area (Å²) in [4.78, 5) is 11.6. The van der Waals surface area contributed by atoms with Gasteiger partial charge in [0.25, 0.3) is 0 Å². The third-order valence-corrected chi connectivity index (χ3v) is 3.73. The zero-order valence-electron chi connectivity index (χ0n) is 14.4. The molecule has 0 fully saturated rings. The van der Waals surface area contributed by atoms with Gasteiger partial charge in [0.1, 0.15) is 0 Å². The van der Waals surface area contributed by atoms with E-state index in [2.05, 4.69) is 24.5 Å². The molecule has 0 heterocycles. The van der Waals surface area contributed by atoms with Crippen molar-refractivity contribution < 1.29 is 9.53 Å². The first kappa shape index (κ1) is 20.4. The number of carbonyl (C=O) groups is 1. The summed E-state index contributed by atoms with van der Waals surface area (Å²) in [5.41, 5.74) is 0. The van der Waals surface area contributed by atoms with E-state index in [0.29, 0.717) is 25.6 Å². The van der Waals surface area contributed by atoms with Crippen LogP contribution >= 0.6 is 0 Å². The molecule has 0 aromatic carbocycles. The minimum Gasteiger partial charge on any atom is -0.383 e. The van der Waals surface area contributed by atoms with E-state index in [1.165, 1.54) is 51.4 Å². The summed E-state index contributed by atoms with van der Waals surface area (Å²) in [6, 6.07) is 0.579. The molecular weight excluding hydrogens is 264 g/mol. The van der Waals surface area contributed by atoms with Crippen LogP contribution in [0.25, 0.3) is 0 Å². The summed E-state index contributed by atoms with van der Waals surface area (Å²) in [6.07, 6.45) is 10.8. The minimum absolute atomic E-state index is 0.111. The van der Waals surface area contributed by atoms with Crippen molar-refractivity contribution in [3.05, 3.63) is 0 Å². The fourth-order valence-electron chi connectivity index (χ4n) is 2.40. The van der Waals surface area contributed by atoms with Gasteiger partial charge in [-0.25, -0.2) is 0 Å². The number of unbranched alkanes of at least 4 members (excludes halogenated alkanes) is 4. The van der Waals surface area contributed by atoms with Crippen molar-refractivity contribution in [2.75, 3.05) is 26.8 Å². The van der Waals surface area contributed by atoms with E-state index in [0.717, 1.165) is 6.54 Å². The predicted octanol–water partition coefficient (Wildman–Crippen LogP) is 3.26. The summed E-state index contributed by atoms with van der Waals surface area (Å²) in [6.45, 7) is 6.44. The molecular formula is C17H36N2O2. The molecule has 126 valence electrons. The number of nitrogens with one attached hydrogen (secondary N) is 2. The standard InChI is InChI=1S/C17H36N2O2/c1-4-6-8-10-16(11-9-7-5-2)18-13-12-17(20)19-14-15-21-3/h16,18H,4-15H2,1-3H3,(H,19,20). The van der Waals surface area contributed by atoms with Gasteiger partial charge in [-0.15, -0.1) is 0 Å². The summed E-state index contributed by atoms with van der Waals surface area (Å²) < 4.78 is 4.91. The lowest BCUT2D eigenvalue weighted by molar-refractivity contribution is -0.121. The Bertz CT molecular complexity index is 225. The van der Waals surface area contributed by atoms with Crippen LogP contribution < -0.4 is 10.6 Å². The topological polar surface area (TPSA) is 50.4 Å². The summed E-state index contributed by atoms with van der Waals surface area (Å²) >= 11 is 0. The molecule has 0 atom stereocenters. The van der Waals surface area contributed by atoms with Crippen molar-refractivity contribution >= 4 is 5.91 Å². The fourth-order valence-corrected chi connectivity index (χ4v) is 2.40. The highest BCUT2D eigenvalue weighted by molar-refractivity contribution is 5.76. The van der Waals surface area contributed by atoms with Crippen LogP contribution in [0.4, 0.5) is 0 Å². The molecule has 0 saturated heterocycles. The average Bonchev–Trinajstić information content (AvgIpc) is 2.47. The van der Waals surface area contributed by atoms with Crippen LogP contribution in [0, 0.1) is 0 Å². The van der Waals surface area contributed by atoms with E-state index in [1.54, 1.807) is 7.11 Å². The monoisotopic (exact) mass is 300 g/mol. The van der Waals surface area contributed by atoms with E-state index < -0.39 is 0 Å². The quantitative estimate of drug-likeness (QED) is 0.456. The van der Waals surface area contributed by atoms with E-state index in [-0.39, 0.29) is 5.91 Å². The maximum Gasteiger partial charge on any atom is 0.221 e. The first-order valence-corrected chi connectivity index (χ1v) is 8.73. The summed E-state index contributed by atoms with van der Waals surface area (Å²) in [5.74, 6) is 0.111. The fraction of sp³-hybridized carbons (Fsp3) is 0.941. The molecule has 2 N–H and O–H groups in total. The summed E-state index contributed by atoms with van der Waals surface area (Å²) in [7, 11) is 1.64. The van der Waals surface area contributed by atoms with Gasteiger partial charge in [-0.05, 0) is 12.8 Å². The van der Waals surface area contributed by atoms with Gasteiger partial charge < -0.3 is 15.4 Å². The first-order valence-electron chi connectivity index (χ1n) is 8.73. The Hall–Kier alpha value is -0.610. The molecule has 0 aromatic heterocycles. The highest BCUT2D eigenvalue weighted by Gasteiger charge is 2.08. The largest absolute Gasteiger partial charge is 0.383 e. The Morgan fingerprint density at radius 1 is 1.00 bits per heavy atom. The molecule has 0 aromatic rings. The van der Waals surface area contributed by atoms with E-state index in [1.807, 2.05) is 0 Å². The van der Waals surface area contributed by atoms with Crippen LogP contribution in [0.1, 0.15) is 71.6 Å². The van der Waals surface area contributed by atoms with Gasteiger partial charge in [-0.2, -0.15) is 0 Å². The van der Waals surface area contributed by atoms with Gasteiger partial charge >= 0.3 is 0 Å². The van der Waals surface area contributed by atoms with Gasteiger partial charge in [0.15, 0.2) is 0 Å². The molecule has 0 saturated carbocycles. The zero-order chi connectivity index (χ0) is 15.8. The molecule has 0 aliphatic carbocycles. The second-order valence-corrected chi connectivity index (χ2v) is 5.74. The number of carbonyl (C=O) groups excluding carboxylic acids is 1. The lowest BCUT2D eigenvalue weighted by atomic mass is 10.0. The molecule has 0 spiro atoms. The second-order valence-electron chi connectivity index (χ2n) is 5.74. The lowest BCUT2D eigenvalue weighted by Gasteiger charge is -2.18. The first-order chi connectivity index (χ1) is 10.2. The van der Waals surface area contributed by atoms with Crippen LogP contribution in [0.5, 0.6) is 0 Å². The van der Waals surface area contributed by atoms with Crippen molar-refractivity contribution in [3.8, 4) is 0 Å². The Morgan fingerprint density at radius 2 is 1.62 bits per heavy atom. The number of amides is 1. The van der Waals surface area contributed by atoms with Gasteiger partial charge in [0, 0.05) is 32.7 Å². The second kappa shape index (κ2) is 15.8. The SMILES string of the molecule is CCCCCC(CCCCC)NCCC(=O)NCCOC. The highest BCUT2D eigenvalue weighted by Crippen LogP contribution is 2.11. The molecule has 1 amide bonds. The van der Waals surface area contributed by atoms with E-state index >= 15 is 0 Å². The van der Waals surface area contributed by atoms with E-state index in [9.17, 15) is 4.79 Å². The maximum atomic E-state index is 11.6. The number of rotatable bonds is 15. The molecule has 0 aliphatic rings. The predicted molar refractivity (Wildman–Crippen MR) is 89.6 cm³/mol. The van der Waals surface area contributed by atoms with Gasteiger partial charge in [0.05, 0.1) is 6.61 Å². The third-order valence-electron chi connectivity index (χ3n) is 3.73. The summed E-state index contributed by atoms with van der Waals surface area (Å²) in [5, 5.41) is 6.42. The number of hydrogen-bond donors (Lipinski definition) is 2. The van der Waals surface area contributed by atoms with Crippen molar-refractivity contribution in [3.63, 3.8) is 0 Å². The Morgan fingerprint density at radius 3 is 2.14 bits per heavy atom. The highest BCUT2D eigenvalue weighted by atomic mass is 16.5. The molecule has 0 rings (SSSR count). The van der Waals surface area contributed by atoms with Crippen molar-refractivity contribution in [1.82, 2.24) is 10.6 Å². The van der Waals surface area contributed by atoms with Gasteiger partial charge in [0.2, 0.25) is 5.91 Å². The van der Waals surface area contributed by atoms with Crippen LogP contribution in [-0.4, -0.2) is 38.8 Å². The van der Waals surface area contributed by atoms with Crippen LogP contribution in [0.2, 0.25) is 0 Å². The normalized spacial score (nSPS) is 11.0. The molecule has 0 bridgehead atoms. The molecule has 0 radical (unpaired) electrons. The maximum absolute atomic E-state index is 11.6. The van der Waals surface area contributed by atoms with Crippen molar-refractivity contribution in [2.45, 2.75) is 77.7 Å². The Labute approximate surface area is 131 Å². The zero-order valence-corrected chi connectivity index (χ0v) is 14.4. The molecule has 4 nitrogen and oxygen atoms in total. The van der Waals surface area contributed by atoms with Gasteiger partial charge in [-0.3, -0.25) is 4.79 Å². The van der Waals surface area contributed by atoms with Gasteiger partial charge in [-0.1, -0.05) is 52.4 Å².